The summed E-state index contributed by atoms with van der Waals surface area (Å²) in [5.41, 5.74) is 7.48. The molecule has 3 rings (SSSR count). The van der Waals surface area contributed by atoms with Crippen molar-refractivity contribution in [1.29, 1.82) is 0 Å². The zero-order valence-corrected chi connectivity index (χ0v) is 8.97. The predicted octanol–water partition coefficient (Wildman–Crippen LogP) is 1.61. The van der Waals surface area contributed by atoms with Crippen LogP contribution in [0, 0.1) is 5.92 Å². The summed E-state index contributed by atoms with van der Waals surface area (Å²) in [4.78, 5) is 2.60. The zero-order valence-electron chi connectivity index (χ0n) is 8.97. The molecule has 2 fully saturated rings. The lowest BCUT2D eigenvalue weighted by molar-refractivity contribution is 0.192. The lowest BCUT2D eigenvalue weighted by Gasteiger charge is -2.29. The van der Waals surface area contributed by atoms with Crippen molar-refractivity contribution in [3.63, 3.8) is 0 Å². The van der Waals surface area contributed by atoms with Crippen LogP contribution in [0.4, 0.5) is 0 Å². The zero-order chi connectivity index (χ0) is 10.3. The van der Waals surface area contributed by atoms with E-state index >= 15 is 0 Å². The first-order chi connectivity index (χ1) is 7.33. The smallest absolute Gasteiger partial charge is 0.0236 e. The Bertz CT molecular complexity index is 334. The van der Waals surface area contributed by atoms with Gasteiger partial charge < -0.3 is 5.73 Å². The fourth-order valence-corrected chi connectivity index (χ4v) is 3.10. The number of hydrogen-bond donors (Lipinski definition) is 1. The van der Waals surface area contributed by atoms with Crippen molar-refractivity contribution in [3.05, 3.63) is 35.9 Å². The number of likely N-dealkylation sites (tertiary alicyclic amines) is 1. The fourth-order valence-electron chi connectivity index (χ4n) is 3.10. The van der Waals surface area contributed by atoms with Crippen LogP contribution in [0.1, 0.15) is 18.4 Å². The van der Waals surface area contributed by atoms with Gasteiger partial charge in [0.15, 0.2) is 0 Å². The van der Waals surface area contributed by atoms with Gasteiger partial charge in [-0.1, -0.05) is 30.3 Å². The topological polar surface area (TPSA) is 29.3 Å². The van der Waals surface area contributed by atoms with Crippen LogP contribution < -0.4 is 5.73 Å². The molecule has 1 heterocycles. The summed E-state index contributed by atoms with van der Waals surface area (Å²) in [6.07, 6.45) is 2.53. The highest BCUT2D eigenvalue weighted by Gasteiger charge is 2.42. The quantitative estimate of drug-likeness (QED) is 0.789. The van der Waals surface area contributed by atoms with Crippen LogP contribution in [-0.2, 0) is 6.54 Å². The molecule has 0 radical (unpaired) electrons. The van der Waals surface area contributed by atoms with E-state index in [9.17, 15) is 0 Å². The van der Waals surface area contributed by atoms with E-state index in [2.05, 4.69) is 35.2 Å². The van der Waals surface area contributed by atoms with Gasteiger partial charge in [-0.25, -0.2) is 0 Å². The largest absolute Gasteiger partial charge is 0.327 e. The monoisotopic (exact) mass is 202 g/mol. The van der Waals surface area contributed by atoms with Gasteiger partial charge in [-0.15, -0.1) is 0 Å². The molecule has 2 heteroatoms. The average Bonchev–Trinajstić information content (AvgIpc) is 2.78. The highest BCUT2D eigenvalue weighted by Crippen LogP contribution is 2.37. The van der Waals surface area contributed by atoms with E-state index in [0.717, 1.165) is 18.5 Å². The number of hydrogen-bond acceptors (Lipinski definition) is 2. The van der Waals surface area contributed by atoms with Crippen LogP contribution in [0.25, 0.3) is 0 Å². The average molecular weight is 202 g/mol. The van der Waals surface area contributed by atoms with Gasteiger partial charge >= 0.3 is 0 Å². The van der Waals surface area contributed by atoms with Crippen LogP contribution >= 0.6 is 0 Å². The van der Waals surface area contributed by atoms with Crippen molar-refractivity contribution in [2.24, 2.45) is 11.7 Å². The van der Waals surface area contributed by atoms with E-state index < -0.39 is 0 Å². The van der Waals surface area contributed by atoms with Crippen LogP contribution in [0.15, 0.2) is 30.3 Å². The molecule has 3 unspecified atom stereocenters. The minimum Gasteiger partial charge on any atom is -0.327 e. The lowest BCUT2D eigenvalue weighted by atomic mass is 10.0. The highest BCUT2D eigenvalue weighted by molar-refractivity contribution is 5.15. The van der Waals surface area contributed by atoms with Crippen LogP contribution in [0.5, 0.6) is 0 Å². The Kier molecular flexibility index (Phi) is 2.26. The molecule has 2 bridgehead atoms. The van der Waals surface area contributed by atoms with E-state index in [1.54, 1.807) is 0 Å². The molecule has 80 valence electrons. The number of rotatable bonds is 2. The summed E-state index contributed by atoms with van der Waals surface area (Å²) in [5, 5.41) is 0. The molecule has 3 atom stereocenters. The van der Waals surface area contributed by atoms with E-state index in [4.69, 9.17) is 5.73 Å². The molecule has 15 heavy (non-hydrogen) atoms. The molecule has 1 saturated heterocycles. The molecule has 1 saturated carbocycles. The van der Waals surface area contributed by atoms with Crippen molar-refractivity contribution >= 4 is 0 Å². The lowest BCUT2D eigenvalue weighted by Crippen LogP contribution is -2.40. The minimum absolute atomic E-state index is 0.474. The van der Waals surface area contributed by atoms with Crippen molar-refractivity contribution in [3.8, 4) is 0 Å². The summed E-state index contributed by atoms with van der Waals surface area (Å²) in [6.45, 7) is 2.31. The summed E-state index contributed by atoms with van der Waals surface area (Å²) in [6, 6.07) is 12.0. The fraction of sp³-hybridized carbons (Fsp3) is 0.538. The third kappa shape index (κ3) is 1.68. The van der Waals surface area contributed by atoms with Crippen LogP contribution in [-0.4, -0.2) is 23.5 Å². The number of piperidine rings is 1. The SMILES string of the molecule is NC1CC2CC1CN2Cc1ccccc1. The highest BCUT2D eigenvalue weighted by atomic mass is 15.2. The molecular formula is C13H18N2. The third-order valence-corrected chi connectivity index (χ3v) is 3.94. The molecule has 0 aromatic heterocycles. The Hall–Kier alpha value is -0.860. The summed E-state index contributed by atoms with van der Waals surface area (Å²) < 4.78 is 0. The second kappa shape index (κ2) is 3.62. The second-order valence-electron chi connectivity index (χ2n) is 4.96. The first kappa shape index (κ1) is 9.37. The first-order valence-electron chi connectivity index (χ1n) is 5.86. The van der Waals surface area contributed by atoms with Crippen molar-refractivity contribution in [1.82, 2.24) is 4.90 Å². The third-order valence-electron chi connectivity index (χ3n) is 3.94. The summed E-state index contributed by atoms with van der Waals surface area (Å²) >= 11 is 0. The molecule has 0 amide bonds. The Morgan fingerprint density at radius 3 is 2.60 bits per heavy atom. The number of nitrogens with two attached hydrogens (primary N) is 1. The molecule has 1 aliphatic carbocycles. The van der Waals surface area contributed by atoms with Gasteiger partial charge in [-0.3, -0.25) is 4.90 Å². The normalized spacial score (nSPS) is 34.9. The molecule has 0 spiro atoms. The number of fused-ring (bicyclic) bond motifs is 2. The van der Waals surface area contributed by atoms with E-state index in [1.165, 1.54) is 24.9 Å². The van der Waals surface area contributed by atoms with Crippen molar-refractivity contribution in [2.45, 2.75) is 31.5 Å². The maximum Gasteiger partial charge on any atom is 0.0236 e. The Morgan fingerprint density at radius 1 is 1.20 bits per heavy atom. The van der Waals surface area contributed by atoms with Crippen molar-refractivity contribution < 1.29 is 0 Å². The maximum absolute atomic E-state index is 6.05. The van der Waals surface area contributed by atoms with Gasteiger partial charge in [0.25, 0.3) is 0 Å². The van der Waals surface area contributed by atoms with Gasteiger partial charge in [0, 0.05) is 25.2 Å². The van der Waals surface area contributed by atoms with E-state index in [-0.39, 0.29) is 0 Å². The van der Waals surface area contributed by atoms with Crippen molar-refractivity contribution in [2.75, 3.05) is 6.54 Å². The van der Waals surface area contributed by atoms with E-state index in [0.29, 0.717) is 6.04 Å². The molecule has 2 nitrogen and oxygen atoms in total. The molecule has 1 aromatic carbocycles. The number of benzene rings is 1. The van der Waals surface area contributed by atoms with Gasteiger partial charge in [0.05, 0.1) is 0 Å². The van der Waals surface area contributed by atoms with Gasteiger partial charge in [-0.05, 0) is 24.3 Å². The Morgan fingerprint density at radius 2 is 2.00 bits per heavy atom. The van der Waals surface area contributed by atoms with Gasteiger partial charge in [-0.2, -0.15) is 0 Å². The molecular weight excluding hydrogens is 184 g/mol. The predicted molar refractivity (Wildman–Crippen MR) is 61.3 cm³/mol. The number of nitrogens with zero attached hydrogens (tertiary/aromatic N) is 1. The minimum atomic E-state index is 0.474. The second-order valence-corrected chi connectivity index (χ2v) is 4.96. The molecule has 1 aliphatic heterocycles. The first-order valence-corrected chi connectivity index (χ1v) is 5.86. The summed E-state index contributed by atoms with van der Waals surface area (Å²) in [5.74, 6) is 0.763. The standard InChI is InChI=1S/C13H18N2/c14-13-7-12-6-11(13)9-15(12)8-10-4-2-1-3-5-10/h1-5,11-13H,6-9,14H2. The Labute approximate surface area is 91.1 Å². The summed E-state index contributed by atoms with van der Waals surface area (Å²) in [7, 11) is 0. The molecule has 2 aliphatic rings. The Balaban J connectivity index is 1.67. The van der Waals surface area contributed by atoms with Crippen LogP contribution in [0.3, 0.4) is 0 Å². The van der Waals surface area contributed by atoms with Crippen LogP contribution in [0.2, 0.25) is 0 Å². The maximum atomic E-state index is 6.05. The molecule has 2 N–H and O–H groups in total. The van der Waals surface area contributed by atoms with E-state index in [1.807, 2.05) is 0 Å². The molecule has 1 aromatic rings. The van der Waals surface area contributed by atoms with Gasteiger partial charge in [0.2, 0.25) is 0 Å². The van der Waals surface area contributed by atoms with Gasteiger partial charge in [0.1, 0.15) is 0 Å².